The molecule has 0 amide bonds. The molecule has 0 saturated carbocycles. The summed E-state index contributed by atoms with van der Waals surface area (Å²) in [5.41, 5.74) is 2.94. The molecule has 2 aromatic carbocycles. The van der Waals surface area contributed by atoms with Gasteiger partial charge in [0.05, 0.1) is 0 Å². The molecule has 0 spiro atoms. The van der Waals surface area contributed by atoms with Crippen LogP contribution in [0.25, 0.3) is 6.08 Å². The first kappa shape index (κ1) is 18.0. The highest BCUT2D eigenvalue weighted by molar-refractivity contribution is 7.98. The molecule has 1 aliphatic heterocycles. The Morgan fingerprint density at radius 1 is 1.08 bits per heavy atom. The summed E-state index contributed by atoms with van der Waals surface area (Å²) in [7, 11) is 0. The number of ketones is 1. The maximum atomic E-state index is 12.9. The molecule has 130 valence electrons. The molecule has 3 rings (SSSR count). The second kappa shape index (κ2) is 7.59. The quantitative estimate of drug-likeness (QED) is 0.577. The van der Waals surface area contributed by atoms with E-state index in [9.17, 15) is 4.79 Å². The SMILES string of the molecule is CSc1ccc(/C=C2/CN(Cc3ccccc3)CC(C)(C)C2=O)cc1. The van der Waals surface area contributed by atoms with E-state index in [-0.39, 0.29) is 11.2 Å². The molecule has 0 aromatic heterocycles. The third-order valence-electron chi connectivity index (χ3n) is 4.62. The molecular weight excluding hydrogens is 326 g/mol. The van der Waals surface area contributed by atoms with E-state index in [1.807, 2.05) is 6.07 Å². The summed E-state index contributed by atoms with van der Waals surface area (Å²) in [5, 5.41) is 0. The van der Waals surface area contributed by atoms with Gasteiger partial charge in [0.1, 0.15) is 0 Å². The van der Waals surface area contributed by atoms with Crippen molar-refractivity contribution < 1.29 is 4.79 Å². The molecule has 0 unspecified atom stereocenters. The topological polar surface area (TPSA) is 20.3 Å². The second-order valence-electron chi connectivity index (χ2n) is 7.29. The molecule has 0 atom stereocenters. The predicted octanol–water partition coefficient (Wildman–Crippen LogP) is 4.90. The van der Waals surface area contributed by atoms with E-state index in [4.69, 9.17) is 0 Å². The number of Topliss-reactive ketones (excluding diaryl/α,β-unsaturated/α-hetero) is 1. The monoisotopic (exact) mass is 351 g/mol. The lowest BCUT2D eigenvalue weighted by Crippen LogP contribution is -2.47. The number of likely N-dealkylation sites (tertiary alicyclic amines) is 1. The number of rotatable bonds is 4. The van der Waals surface area contributed by atoms with Crippen molar-refractivity contribution in [1.82, 2.24) is 4.90 Å². The Hall–Kier alpha value is -1.84. The zero-order valence-electron chi connectivity index (χ0n) is 15.2. The molecule has 1 saturated heterocycles. The van der Waals surface area contributed by atoms with Gasteiger partial charge < -0.3 is 0 Å². The van der Waals surface area contributed by atoms with Crippen molar-refractivity contribution in [3.05, 3.63) is 71.3 Å². The molecule has 0 N–H and O–H groups in total. The lowest BCUT2D eigenvalue weighted by atomic mass is 9.79. The van der Waals surface area contributed by atoms with Crippen LogP contribution in [0.2, 0.25) is 0 Å². The van der Waals surface area contributed by atoms with Crippen molar-refractivity contribution in [2.75, 3.05) is 19.3 Å². The molecule has 1 aliphatic rings. The van der Waals surface area contributed by atoms with E-state index in [0.29, 0.717) is 6.54 Å². The van der Waals surface area contributed by atoms with Gasteiger partial charge in [0, 0.05) is 35.5 Å². The number of carbonyl (C=O) groups excluding carboxylic acids is 1. The summed E-state index contributed by atoms with van der Waals surface area (Å²) in [6.45, 7) is 6.49. The number of nitrogens with zero attached hydrogens (tertiary/aromatic N) is 1. The maximum absolute atomic E-state index is 12.9. The summed E-state index contributed by atoms with van der Waals surface area (Å²) in [6.07, 6.45) is 4.13. The minimum absolute atomic E-state index is 0.269. The molecular formula is C22H25NOS. The Morgan fingerprint density at radius 3 is 2.40 bits per heavy atom. The zero-order valence-corrected chi connectivity index (χ0v) is 16.0. The van der Waals surface area contributed by atoms with Gasteiger partial charge in [-0.3, -0.25) is 9.69 Å². The highest BCUT2D eigenvalue weighted by atomic mass is 32.2. The van der Waals surface area contributed by atoms with Crippen molar-refractivity contribution >= 4 is 23.6 Å². The molecule has 2 aromatic rings. The van der Waals surface area contributed by atoms with E-state index >= 15 is 0 Å². The minimum atomic E-state index is -0.349. The molecule has 0 radical (unpaired) electrons. The van der Waals surface area contributed by atoms with Crippen LogP contribution in [0.4, 0.5) is 0 Å². The van der Waals surface area contributed by atoms with Crippen molar-refractivity contribution in [2.45, 2.75) is 25.3 Å². The Labute approximate surface area is 154 Å². The van der Waals surface area contributed by atoms with Crippen molar-refractivity contribution in [1.29, 1.82) is 0 Å². The number of hydrogen-bond donors (Lipinski definition) is 0. The molecule has 1 fully saturated rings. The first-order valence-corrected chi connectivity index (χ1v) is 9.86. The minimum Gasteiger partial charge on any atom is -0.294 e. The first-order chi connectivity index (χ1) is 12.0. The van der Waals surface area contributed by atoms with Gasteiger partial charge in [-0.2, -0.15) is 0 Å². The Balaban J connectivity index is 1.83. The highest BCUT2D eigenvalue weighted by Crippen LogP contribution is 2.30. The van der Waals surface area contributed by atoms with E-state index < -0.39 is 0 Å². The van der Waals surface area contributed by atoms with Gasteiger partial charge >= 0.3 is 0 Å². The summed E-state index contributed by atoms with van der Waals surface area (Å²) in [6, 6.07) is 18.9. The molecule has 3 heteroatoms. The molecule has 0 aliphatic carbocycles. The van der Waals surface area contributed by atoms with Crippen molar-refractivity contribution in [2.24, 2.45) is 5.41 Å². The number of piperidine rings is 1. The highest BCUT2D eigenvalue weighted by Gasteiger charge is 2.37. The molecule has 25 heavy (non-hydrogen) atoms. The Kier molecular flexibility index (Phi) is 5.45. The smallest absolute Gasteiger partial charge is 0.167 e. The lowest BCUT2D eigenvalue weighted by Gasteiger charge is -2.38. The molecule has 2 nitrogen and oxygen atoms in total. The van der Waals surface area contributed by atoms with Crippen LogP contribution in [-0.2, 0) is 11.3 Å². The molecule has 0 bridgehead atoms. The van der Waals surface area contributed by atoms with Gasteiger partial charge in [0.25, 0.3) is 0 Å². The van der Waals surface area contributed by atoms with Crippen LogP contribution in [-0.4, -0.2) is 30.0 Å². The number of carbonyl (C=O) groups is 1. The molecule has 1 heterocycles. The van der Waals surface area contributed by atoms with Crippen molar-refractivity contribution in [3.8, 4) is 0 Å². The average Bonchev–Trinajstić information content (AvgIpc) is 2.60. The fourth-order valence-corrected chi connectivity index (χ4v) is 3.81. The summed E-state index contributed by atoms with van der Waals surface area (Å²) in [4.78, 5) is 16.5. The normalized spacial score (nSPS) is 19.3. The van der Waals surface area contributed by atoms with Crippen LogP contribution in [0.15, 0.2) is 65.1 Å². The van der Waals surface area contributed by atoms with Gasteiger partial charge in [0.2, 0.25) is 0 Å². The fraction of sp³-hybridized carbons (Fsp3) is 0.318. The Morgan fingerprint density at radius 2 is 1.76 bits per heavy atom. The average molecular weight is 352 g/mol. The standard InChI is InChI=1S/C22H25NOS/c1-22(2)16-23(14-18-7-5-4-6-8-18)15-19(21(22)24)13-17-9-11-20(25-3)12-10-17/h4-13H,14-16H2,1-3H3/b19-13-. The summed E-state index contributed by atoms with van der Waals surface area (Å²) in [5.74, 6) is 0.269. The van der Waals surface area contributed by atoms with Gasteiger partial charge in [-0.25, -0.2) is 0 Å². The number of benzene rings is 2. The van der Waals surface area contributed by atoms with Gasteiger partial charge in [-0.05, 0) is 35.6 Å². The van der Waals surface area contributed by atoms with Crippen LogP contribution in [0.1, 0.15) is 25.0 Å². The number of hydrogen-bond acceptors (Lipinski definition) is 3. The van der Waals surface area contributed by atoms with Crippen LogP contribution >= 0.6 is 11.8 Å². The van der Waals surface area contributed by atoms with Gasteiger partial charge in [-0.15, -0.1) is 11.8 Å². The van der Waals surface area contributed by atoms with Crippen LogP contribution < -0.4 is 0 Å². The fourth-order valence-electron chi connectivity index (χ4n) is 3.40. The van der Waals surface area contributed by atoms with Crippen LogP contribution in [0.3, 0.4) is 0 Å². The Bertz CT molecular complexity index is 762. The number of thioether (sulfide) groups is 1. The largest absolute Gasteiger partial charge is 0.294 e. The lowest BCUT2D eigenvalue weighted by molar-refractivity contribution is -0.126. The summed E-state index contributed by atoms with van der Waals surface area (Å²) >= 11 is 1.73. The van der Waals surface area contributed by atoms with Gasteiger partial charge in [-0.1, -0.05) is 56.3 Å². The zero-order chi connectivity index (χ0) is 17.9. The second-order valence-corrected chi connectivity index (χ2v) is 8.17. The predicted molar refractivity (Wildman–Crippen MR) is 107 cm³/mol. The van der Waals surface area contributed by atoms with E-state index in [2.05, 4.69) is 79.6 Å². The van der Waals surface area contributed by atoms with E-state index in [1.165, 1.54) is 10.5 Å². The van der Waals surface area contributed by atoms with Crippen LogP contribution in [0.5, 0.6) is 0 Å². The first-order valence-electron chi connectivity index (χ1n) is 8.64. The van der Waals surface area contributed by atoms with Gasteiger partial charge in [0.15, 0.2) is 5.78 Å². The third-order valence-corrected chi connectivity index (χ3v) is 5.37. The van der Waals surface area contributed by atoms with Crippen LogP contribution in [0, 0.1) is 5.41 Å². The van der Waals surface area contributed by atoms with E-state index in [1.54, 1.807) is 11.8 Å². The maximum Gasteiger partial charge on any atom is 0.167 e. The summed E-state index contributed by atoms with van der Waals surface area (Å²) < 4.78 is 0. The van der Waals surface area contributed by atoms with E-state index in [0.717, 1.165) is 24.2 Å². The third kappa shape index (κ3) is 4.42. The van der Waals surface area contributed by atoms with Crippen molar-refractivity contribution in [3.63, 3.8) is 0 Å².